The highest BCUT2D eigenvalue weighted by atomic mass is 16.2. The van der Waals surface area contributed by atoms with Gasteiger partial charge in [-0.3, -0.25) is 19.3 Å². The quantitative estimate of drug-likeness (QED) is 0.457. The van der Waals surface area contributed by atoms with Crippen molar-refractivity contribution in [3.05, 3.63) is 88.0 Å². The molecule has 0 aliphatic carbocycles. The van der Waals surface area contributed by atoms with Crippen LogP contribution < -0.4 is 10.9 Å². The van der Waals surface area contributed by atoms with E-state index in [4.69, 9.17) is 0 Å². The Morgan fingerprint density at radius 1 is 0.973 bits per heavy atom. The fourth-order valence-corrected chi connectivity index (χ4v) is 4.76. The molecule has 0 atom stereocenters. The number of piperazine rings is 1. The summed E-state index contributed by atoms with van der Waals surface area (Å²) >= 11 is 0. The Labute approximate surface area is 215 Å². The molecule has 3 aliphatic rings. The van der Waals surface area contributed by atoms with Crippen molar-refractivity contribution in [1.82, 2.24) is 24.1 Å². The zero-order valence-corrected chi connectivity index (χ0v) is 21.3. The second-order valence-corrected chi connectivity index (χ2v) is 9.59. The molecule has 0 radical (unpaired) electrons. The maximum atomic E-state index is 13.5. The van der Waals surface area contributed by atoms with Gasteiger partial charge in [-0.05, 0) is 37.6 Å². The van der Waals surface area contributed by atoms with E-state index < -0.39 is 0 Å². The number of hydrogen-bond donors (Lipinski definition) is 1. The number of rotatable bonds is 5. The SMILES string of the molecule is Cc1ccc(NC(=O)CN2CCN(C(=O)c3cn(C)cc4c(=O)n(-c5ccccc5)nc3-4)CC2)c(C)c1. The highest BCUT2D eigenvalue weighted by Crippen LogP contribution is 2.24. The number of aryl methyl sites for hydroxylation is 3. The normalized spacial score (nSPS) is 14.2. The predicted octanol–water partition coefficient (Wildman–Crippen LogP) is 2.69. The molecule has 3 heterocycles. The molecule has 9 nitrogen and oxygen atoms in total. The molecule has 0 aromatic heterocycles. The molecule has 3 aliphatic heterocycles. The molecule has 1 saturated heterocycles. The second kappa shape index (κ2) is 10.0. The van der Waals surface area contributed by atoms with Crippen molar-refractivity contribution in [1.29, 1.82) is 0 Å². The lowest BCUT2D eigenvalue weighted by Gasteiger charge is -2.34. The first-order valence-electron chi connectivity index (χ1n) is 12.3. The van der Waals surface area contributed by atoms with Gasteiger partial charge in [0.05, 0.1) is 23.4 Å². The number of benzene rings is 2. The molecule has 5 rings (SSSR count). The number of pyridine rings is 1. The number of nitrogens with zero attached hydrogens (tertiary/aromatic N) is 5. The van der Waals surface area contributed by atoms with E-state index in [0.29, 0.717) is 48.7 Å². The lowest BCUT2D eigenvalue weighted by atomic mass is 10.1. The molecule has 0 unspecified atom stereocenters. The maximum Gasteiger partial charge on any atom is 0.282 e. The summed E-state index contributed by atoms with van der Waals surface area (Å²) in [5, 5.41) is 7.51. The van der Waals surface area contributed by atoms with E-state index >= 15 is 0 Å². The van der Waals surface area contributed by atoms with Crippen LogP contribution in [0.25, 0.3) is 16.9 Å². The fourth-order valence-electron chi connectivity index (χ4n) is 4.76. The van der Waals surface area contributed by atoms with E-state index in [1.165, 1.54) is 4.68 Å². The first-order chi connectivity index (χ1) is 17.8. The van der Waals surface area contributed by atoms with Crippen LogP contribution in [0.3, 0.4) is 0 Å². The summed E-state index contributed by atoms with van der Waals surface area (Å²) in [5.74, 6) is -0.240. The van der Waals surface area contributed by atoms with Gasteiger partial charge in [0.1, 0.15) is 5.69 Å². The third kappa shape index (κ3) is 5.03. The number of fused-ring (bicyclic) bond motifs is 1. The monoisotopic (exact) mass is 498 g/mol. The Balaban J connectivity index is 1.27. The van der Waals surface area contributed by atoms with Crippen molar-refractivity contribution in [2.75, 3.05) is 38.0 Å². The Morgan fingerprint density at radius 2 is 1.70 bits per heavy atom. The lowest BCUT2D eigenvalue weighted by Crippen LogP contribution is -2.50. The van der Waals surface area contributed by atoms with E-state index in [2.05, 4.69) is 10.4 Å². The van der Waals surface area contributed by atoms with Crippen molar-refractivity contribution in [3.8, 4) is 16.9 Å². The second-order valence-electron chi connectivity index (χ2n) is 9.59. The van der Waals surface area contributed by atoms with Crippen LogP contribution in [0.4, 0.5) is 5.69 Å². The fraction of sp³-hybridized carbons (Fsp3) is 0.286. The average Bonchev–Trinajstić information content (AvgIpc) is 3.22. The molecule has 190 valence electrons. The Morgan fingerprint density at radius 3 is 2.41 bits per heavy atom. The van der Waals surface area contributed by atoms with Gasteiger partial charge in [0, 0.05) is 51.3 Å². The van der Waals surface area contributed by atoms with Crippen LogP contribution in [0.2, 0.25) is 0 Å². The van der Waals surface area contributed by atoms with Crippen LogP contribution in [-0.2, 0) is 11.8 Å². The molecule has 2 aromatic carbocycles. The van der Waals surface area contributed by atoms with Crippen LogP contribution in [0.15, 0.2) is 65.7 Å². The van der Waals surface area contributed by atoms with Crippen LogP contribution in [0.1, 0.15) is 21.5 Å². The molecular weight excluding hydrogens is 468 g/mol. The highest BCUT2D eigenvalue weighted by Gasteiger charge is 2.29. The zero-order valence-electron chi connectivity index (χ0n) is 21.3. The van der Waals surface area contributed by atoms with Gasteiger partial charge < -0.3 is 14.8 Å². The third-order valence-electron chi connectivity index (χ3n) is 6.71. The van der Waals surface area contributed by atoms with Gasteiger partial charge in [-0.2, -0.15) is 9.78 Å². The number of anilines is 1. The summed E-state index contributed by atoms with van der Waals surface area (Å²) in [7, 11) is 1.79. The largest absolute Gasteiger partial charge is 0.356 e. The summed E-state index contributed by atoms with van der Waals surface area (Å²) in [4.78, 5) is 43.0. The number of carbonyl (C=O) groups excluding carboxylic acids is 2. The summed E-state index contributed by atoms with van der Waals surface area (Å²) in [6.45, 7) is 6.40. The first kappa shape index (κ1) is 24.5. The van der Waals surface area contributed by atoms with Crippen molar-refractivity contribution in [3.63, 3.8) is 0 Å². The molecule has 2 aromatic rings. The minimum Gasteiger partial charge on any atom is -0.356 e. The van der Waals surface area contributed by atoms with Crippen molar-refractivity contribution in [2.24, 2.45) is 7.05 Å². The minimum absolute atomic E-state index is 0.0713. The number of amides is 2. The molecular formula is C28H30N6O3. The Bertz CT molecular complexity index is 1480. The van der Waals surface area contributed by atoms with Gasteiger partial charge in [-0.1, -0.05) is 35.9 Å². The van der Waals surface area contributed by atoms with Crippen LogP contribution in [-0.4, -0.2) is 68.7 Å². The predicted molar refractivity (Wildman–Crippen MR) is 142 cm³/mol. The average molecular weight is 499 g/mol. The molecule has 1 fully saturated rings. The lowest BCUT2D eigenvalue weighted by molar-refractivity contribution is -0.117. The van der Waals surface area contributed by atoms with Gasteiger partial charge in [0.2, 0.25) is 5.91 Å². The maximum absolute atomic E-state index is 13.5. The Kier molecular flexibility index (Phi) is 6.62. The summed E-state index contributed by atoms with van der Waals surface area (Å²) in [6.07, 6.45) is 3.42. The van der Waals surface area contributed by atoms with Crippen molar-refractivity contribution < 1.29 is 9.59 Å². The van der Waals surface area contributed by atoms with Gasteiger partial charge in [0.15, 0.2) is 0 Å². The van der Waals surface area contributed by atoms with Gasteiger partial charge in [0.25, 0.3) is 11.5 Å². The van der Waals surface area contributed by atoms with Gasteiger partial charge in [-0.15, -0.1) is 0 Å². The number of nitrogens with one attached hydrogen (secondary N) is 1. The molecule has 0 saturated carbocycles. The van der Waals surface area contributed by atoms with E-state index in [-0.39, 0.29) is 23.9 Å². The van der Waals surface area contributed by atoms with Gasteiger partial charge >= 0.3 is 0 Å². The number of hydrogen-bond acceptors (Lipinski definition) is 5. The summed E-state index contributed by atoms with van der Waals surface area (Å²) < 4.78 is 3.06. The molecule has 0 bridgehead atoms. The first-order valence-corrected chi connectivity index (χ1v) is 12.3. The van der Waals surface area contributed by atoms with E-state index in [0.717, 1.165) is 16.8 Å². The summed E-state index contributed by atoms with van der Waals surface area (Å²) in [6, 6.07) is 15.1. The number of para-hydroxylation sites is 1. The van der Waals surface area contributed by atoms with Crippen molar-refractivity contribution >= 4 is 17.5 Å². The Hall–Kier alpha value is -4.24. The number of aromatic nitrogens is 3. The molecule has 0 spiro atoms. The van der Waals surface area contributed by atoms with Crippen LogP contribution in [0.5, 0.6) is 0 Å². The smallest absolute Gasteiger partial charge is 0.282 e. The van der Waals surface area contributed by atoms with E-state index in [1.807, 2.05) is 67.3 Å². The van der Waals surface area contributed by atoms with Crippen molar-refractivity contribution in [2.45, 2.75) is 13.8 Å². The summed E-state index contributed by atoms with van der Waals surface area (Å²) in [5.41, 5.74) is 4.58. The molecule has 37 heavy (non-hydrogen) atoms. The van der Waals surface area contributed by atoms with E-state index in [1.54, 1.807) is 28.9 Å². The number of carbonyl (C=O) groups is 2. The molecule has 9 heteroatoms. The topological polar surface area (TPSA) is 92.5 Å². The highest BCUT2D eigenvalue weighted by molar-refractivity contribution is 6.00. The molecule has 2 amide bonds. The van der Waals surface area contributed by atoms with E-state index in [9.17, 15) is 14.4 Å². The van der Waals surface area contributed by atoms with Crippen LogP contribution >= 0.6 is 0 Å². The molecule has 1 N–H and O–H groups in total. The zero-order chi connectivity index (χ0) is 26.1. The third-order valence-corrected chi connectivity index (χ3v) is 6.71. The standard InChI is InChI=1S/C28H30N6O3/c1-19-9-10-24(20(2)15-19)29-25(35)18-32-11-13-33(14-12-32)27(36)22-16-31(3)17-23-26(22)30-34(28(23)37)21-7-5-4-6-8-21/h4-10,15-17H,11-14,18H2,1-3H3,(H,29,35). The van der Waals surface area contributed by atoms with Gasteiger partial charge in [-0.25, -0.2) is 0 Å². The van der Waals surface area contributed by atoms with Crippen LogP contribution in [0, 0.1) is 13.8 Å². The minimum atomic E-state index is -0.258.